The van der Waals surface area contributed by atoms with Crippen LogP contribution in [-0.2, 0) is 26.0 Å². The Morgan fingerprint density at radius 1 is 1.33 bits per heavy atom. The maximum atomic E-state index is 13.6. The van der Waals surface area contributed by atoms with Crippen molar-refractivity contribution >= 4 is 15.9 Å². The van der Waals surface area contributed by atoms with Gasteiger partial charge in [-0.2, -0.15) is 0 Å². The van der Waals surface area contributed by atoms with Gasteiger partial charge in [0.05, 0.1) is 31.4 Å². The van der Waals surface area contributed by atoms with E-state index in [1.165, 1.54) is 14.1 Å². The van der Waals surface area contributed by atoms with Crippen molar-refractivity contribution < 1.29 is 26.7 Å². The van der Waals surface area contributed by atoms with E-state index in [1.807, 2.05) is 0 Å². The van der Waals surface area contributed by atoms with Gasteiger partial charge in [0.25, 0.3) is 0 Å². The number of nitrogens with zero attached hydrogens (tertiary/aromatic N) is 1. The third-order valence-corrected chi connectivity index (χ3v) is 5.85. The van der Waals surface area contributed by atoms with Crippen LogP contribution in [0.4, 0.5) is 8.78 Å². The number of nitrogens with one attached hydrogen (secondary N) is 1. The van der Waals surface area contributed by atoms with Crippen molar-refractivity contribution in [3.05, 3.63) is 35.4 Å². The molecule has 1 aliphatic rings. The standard InChI is InChI=1S/C15H20F2N2O4S/c1-19(2)24(21,22)9-11-7-23-8-14(11)18-15(20)6-10-5-12(16)3-4-13(10)17/h3-5,11,14H,6-9H2,1-2H3,(H,18,20)/t11-,14-/m0/s1. The van der Waals surface area contributed by atoms with Crippen LogP contribution in [0.15, 0.2) is 18.2 Å². The average molecular weight is 362 g/mol. The number of rotatable bonds is 6. The molecule has 1 amide bonds. The quantitative estimate of drug-likeness (QED) is 0.801. The predicted molar refractivity (Wildman–Crippen MR) is 83.8 cm³/mol. The van der Waals surface area contributed by atoms with Crippen molar-refractivity contribution in [3.63, 3.8) is 0 Å². The molecule has 6 nitrogen and oxygen atoms in total. The van der Waals surface area contributed by atoms with Crippen LogP contribution in [0.1, 0.15) is 5.56 Å². The van der Waals surface area contributed by atoms with Crippen LogP contribution in [0, 0.1) is 17.6 Å². The van der Waals surface area contributed by atoms with E-state index in [1.54, 1.807) is 0 Å². The fourth-order valence-corrected chi connectivity index (χ4v) is 3.62. The molecular weight excluding hydrogens is 342 g/mol. The van der Waals surface area contributed by atoms with Crippen molar-refractivity contribution in [2.24, 2.45) is 5.92 Å². The second-order valence-electron chi connectivity index (χ2n) is 5.94. The van der Waals surface area contributed by atoms with Gasteiger partial charge in [-0.15, -0.1) is 0 Å². The molecule has 1 saturated heterocycles. The molecule has 0 radical (unpaired) electrons. The molecule has 0 unspecified atom stereocenters. The zero-order valence-corrected chi connectivity index (χ0v) is 14.3. The van der Waals surface area contributed by atoms with E-state index in [0.29, 0.717) is 0 Å². The molecular formula is C15H20F2N2O4S. The van der Waals surface area contributed by atoms with Gasteiger partial charge >= 0.3 is 0 Å². The normalized spacial score (nSPS) is 21.2. The molecule has 1 fully saturated rings. The first-order chi connectivity index (χ1) is 11.2. The molecule has 1 aliphatic heterocycles. The number of hydrogen-bond donors (Lipinski definition) is 1. The Morgan fingerprint density at radius 2 is 2.04 bits per heavy atom. The lowest BCUT2D eigenvalue weighted by Crippen LogP contribution is -2.44. The van der Waals surface area contributed by atoms with E-state index in [4.69, 9.17) is 4.74 Å². The van der Waals surface area contributed by atoms with Gasteiger partial charge in [-0.05, 0) is 18.2 Å². The molecule has 1 N–H and O–H groups in total. The lowest BCUT2D eigenvalue weighted by atomic mass is 10.1. The summed E-state index contributed by atoms with van der Waals surface area (Å²) in [4.78, 5) is 12.1. The number of carbonyl (C=O) groups excluding carboxylic acids is 1. The smallest absolute Gasteiger partial charge is 0.224 e. The molecule has 0 spiro atoms. The van der Waals surface area contributed by atoms with Crippen LogP contribution in [0.25, 0.3) is 0 Å². The van der Waals surface area contributed by atoms with Crippen LogP contribution >= 0.6 is 0 Å². The molecule has 0 aliphatic carbocycles. The summed E-state index contributed by atoms with van der Waals surface area (Å²) in [6.45, 7) is 0.400. The number of hydrogen-bond acceptors (Lipinski definition) is 4. The van der Waals surface area contributed by atoms with Crippen molar-refractivity contribution in [2.75, 3.05) is 33.1 Å². The largest absolute Gasteiger partial charge is 0.379 e. The van der Waals surface area contributed by atoms with E-state index >= 15 is 0 Å². The summed E-state index contributed by atoms with van der Waals surface area (Å²) < 4.78 is 57.0. The van der Waals surface area contributed by atoms with Gasteiger partial charge in [0.1, 0.15) is 11.6 Å². The van der Waals surface area contributed by atoms with E-state index in [2.05, 4.69) is 5.32 Å². The SMILES string of the molecule is CN(C)S(=O)(=O)C[C@@H]1COC[C@@H]1NC(=O)Cc1cc(F)ccc1F. The summed E-state index contributed by atoms with van der Waals surface area (Å²) in [5.41, 5.74) is -0.0520. The lowest BCUT2D eigenvalue weighted by molar-refractivity contribution is -0.121. The second-order valence-corrected chi connectivity index (χ2v) is 8.17. The maximum Gasteiger partial charge on any atom is 0.224 e. The molecule has 2 atom stereocenters. The van der Waals surface area contributed by atoms with Crippen LogP contribution in [-0.4, -0.2) is 57.7 Å². The van der Waals surface area contributed by atoms with Crippen molar-refractivity contribution in [1.82, 2.24) is 9.62 Å². The Hall–Kier alpha value is -1.58. The fraction of sp³-hybridized carbons (Fsp3) is 0.533. The van der Waals surface area contributed by atoms with Gasteiger partial charge in [-0.25, -0.2) is 21.5 Å². The summed E-state index contributed by atoms with van der Waals surface area (Å²) in [5, 5.41) is 2.65. The first-order valence-corrected chi connectivity index (χ1v) is 9.01. The summed E-state index contributed by atoms with van der Waals surface area (Å²) in [6, 6.07) is 2.42. The zero-order valence-electron chi connectivity index (χ0n) is 13.5. The first kappa shape index (κ1) is 18.8. The summed E-state index contributed by atoms with van der Waals surface area (Å²) in [6.07, 6.45) is -0.326. The van der Waals surface area contributed by atoms with Gasteiger partial charge in [0, 0.05) is 25.6 Å². The summed E-state index contributed by atoms with van der Waals surface area (Å²) >= 11 is 0. The Morgan fingerprint density at radius 3 is 2.71 bits per heavy atom. The molecule has 9 heteroatoms. The number of benzene rings is 1. The molecule has 24 heavy (non-hydrogen) atoms. The molecule has 134 valence electrons. The Balaban J connectivity index is 1.99. The Kier molecular flexibility index (Phi) is 5.89. The number of carbonyl (C=O) groups is 1. The summed E-state index contributed by atoms with van der Waals surface area (Å²) in [7, 11) is -0.557. The minimum absolute atomic E-state index is 0.0520. The second kappa shape index (κ2) is 7.54. The average Bonchev–Trinajstić information content (AvgIpc) is 2.89. The first-order valence-electron chi connectivity index (χ1n) is 7.40. The minimum Gasteiger partial charge on any atom is -0.379 e. The molecule has 0 aromatic heterocycles. The van der Waals surface area contributed by atoms with E-state index in [-0.39, 0.29) is 31.0 Å². The highest BCUT2D eigenvalue weighted by atomic mass is 32.2. The molecule has 1 aromatic carbocycles. The number of ether oxygens (including phenoxy) is 1. The van der Waals surface area contributed by atoms with Crippen molar-refractivity contribution in [2.45, 2.75) is 12.5 Å². The number of sulfonamides is 1. The highest BCUT2D eigenvalue weighted by Crippen LogP contribution is 2.18. The van der Waals surface area contributed by atoms with Crippen LogP contribution in [0.3, 0.4) is 0 Å². The van der Waals surface area contributed by atoms with Gasteiger partial charge in [0.2, 0.25) is 15.9 Å². The monoisotopic (exact) mass is 362 g/mol. The number of amides is 1. The maximum absolute atomic E-state index is 13.6. The van der Waals surface area contributed by atoms with Crippen LogP contribution in [0.5, 0.6) is 0 Å². The van der Waals surface area contributed by atoms with E-state index in [9.17, 15) is 22.0 Å². The van der Waals surface area contributed by atoms with Gasteiger partial charge in [-0.3, -0.25) is 4.79 Å². The van der Waals surface area contributed by atoms with Crippen molar-refractivity contribution in [3.8, 4) is 0 Å². The zero-order chi connectivity index (χ0) is 17.9. The summed E-state index contributed by atoms with van der Waals surface area (Å²) in [5.74, 6) is -2.35. The van der Waals surface area contributed by atoms with E-state index in [0.717, 1.165) is 22.5 Å². The minimum atomic E-state index is -3.43. The third-order valence-electron chi connectivity index (χ3n) is 3.88. The molecule has 1 aromatic rings. The molecule has 0 saturated carbocycles. The van der Waals surface area contributed by atoms with Gasteiger partial charge in [-0.1, -0.05) is 0 Å². The number of halogens is 2. The fourth-order valence-electron chi connectivity index (χ4n) is 2.45. The molecule has 0 bridgehead atoms. The Bertz CT molecular complexity index is 709. The van der Waals surface area contributed by atoms with Crippen LogP contribution < -0.4 is 5.32 Å². The predicted octanol–water partition coefficient (Wildman–Crippen LogP) is 0.530. The van der Waals surface area contributed by atoms with Crippen LogP contribution in [0.2, 0.25) is 0 Å². The van der Waals surface area contributed by atoms with E-state index < -0.39 is 39.5 Å². The highest BCUT2D eigenvalue weighted by molar-refractivity contribution is 7.89. The third kappa shape index (κ3) is 4.71. The highest BCUT2D eigenvalue weighted by Gasteiger charge is 2.34. The van der Waals surface area contributed by atoms with Crippen molar-refractivity contribution in [1.29, 1.82) is 0 Å². The molecule has 1 heterocycles. The van der Waals surface area contributed by atoms with Gasteiger partial charge < -0.3 is 10.1 Å². The lowest BCUT2D eigenvalue weighted by Gasteiger charge is -2.21. The Labute approximate surface area is 139 Å². The molecule has 2 rings (SSSR count). The topological polar surface area (TPSA) is 75.7 Å². The van der Waals surface area contributed by atoms with Gasteiger partial charge in [0.15, 0.2) is 0 Å².